The quantitative estimate of drug-likeness (QED) is 0.0222. The van der Waals surface area contributed by atoms with Crippen molar-refractivity contribution in [3.63, 3.8) is 0 Å². The van der Waals surface area contributed by atoms with Crippen LogP contribution >= 0.6 is 15.6 Å². The van der Waals surface area contributed by atoms with Crippen LogP contribution in [0.3, 0.4) is 0 Å². The van der Waals surface area contributed by atoms with Gasteiger partial charge in [0.1, 0.15) is 19.3 Å². The summed E-state index contributed by atoms with van der Waals surface area (Å²) in [6.45, 7) is 11.6. The largest absolute Gasteiger partial charge is 0.472 e. The van der Waals surface area contributed by atoms with E-state index in [-0.39, 0.29) is 25.7 Å². The number of aliphatic hydroxyl groups is 1. The third-order valence-electron chi connectivity index (χ3n) is 14.0. The van der Waals surface area contributed by atoms with Crippen LogP contribution in [0.25, 0.3) is 0 Å². The van der Waals surface area contributed by atoms with E-state index in [0.717, 1.165) is 121 Å². The number of aliphatic hydroxyl groups excluding tert-OH is 1. The summed E-state index contributed by atoms with van der Waals surface area (Å²) < 4.78 is 67.7. The Balaban J connectivity index is 5.23. The molecule has 79 heavy (non-hydrogen) atoms. The molecule has 0 saturated heterocycles. The maximum absolute atomic E-state index is 12.9. The van der Waals surface area contributed by atoms with E-state index < -0.39 is 97.5 Å². The van der Waals surface area contributed by atoms with Crippen LogP contribution in [0.2, 0.25) is 0 Å². The fourth-order valence-corrected chi connectivity index (χ4v) is 10.3. The van der Waals surface area contributed by atoms with Gasteiger partial charge in [-0.25, -0.2) is 9.13 Å². The van der Waals surface area contributed by atoms with Gasteiger partial charge in [0.2, 0.25) is 0 Å². The number of hydrogen-bond donors (Lipinski definition) is 3. The van der Waals surface area contributed by atoms with Crippen LogP contribution in [0.4, 0.5) is 0 Å². The first-order valence-corrected chi connectivity index (χ1v) is 34.4. The first-order valence-electron chi connectivity index (χ1n) is 31.4. The Labute approximate surface area is 479 Å². The van der Waals surface area contributed by atoms with Gasteiger partial charge in [0.15, 0.2) is 12.2 Å². The molecule has 0 radical (unpaired) electrons. The second kappa shape index (κ2) is 51.7. The van der Waals surface area contributed by atoms with Crippen molar-refractivity contribution < 1.29 is 80.2 Å². The zero-order chi connectivity index (χ0) is 58.8. The number of carbonyl (C=O) groups excluding carboxylic acids is 4. The lowest BCUT2D eigenvalue weighted by molar-refractivity contribution is -0.161. The normalized spacial score (nSPS) is 14.8. The van der Waals surface area contributed by atoms with E-state index in [0.29, 0.717) is 31.6 Å². The number of unbranched alkanes of at least 4 members (excludes halogenated alkanes) is 25. The van der Waals surface area contributed by atoms with E-state index in [1.165, 1.54) is 77.0 Å². The van der Waals surface area contributed by atoms with E-state index >= 15 is 0 Å². The van der Waals surface area contributed by atoms with Crippen molar-refractivity contribution in [3.8, 4) is 0 Å². The van der Waals surface area contributed by atoms with Crippen LogP contribution in [0.5, 0.6) is 0 Å². The van der Waals surface area contributed by atoms with Crippen LogP contribution in [-0.2, 0) is 65.4 Å². The second-order valence-electron chi connectivity index (χ2n) is 22.9. The van der Waals surface area contributed by atoms with E-state index in [2.05, 4.69) is 48.5 Å². The van der Waals surface area contributed by atoms with E-state index in [1.54, 1.807) is 0 Å². The summed E-state index contributed by atoms with van der Waals surface area (Å²) in [6.07, 6.45) is 31.0. The first-order chi connectivity index (χ1) is 37.8. The number of phosphoric acid groups is 2. The highest BCUT2D eigenvalue weighted by molar-refractivity contribution is 7.47. The number of ether oxygens (including phenoxy) is 4. The Bertz CT molecular complexity index is 1580. The Kier molecular flexibility index (Phi) is 50.4. The molecule has 0 aromatic heterocycles. The Morgan fingerprint density at radius 2 is 0.646 bits per heavy atom. The van der Waals surface area contributed by atoms with Gasteiger partial charge in [-0.2, -0.15) is 0 Å². The first kappa shape index (κ1) is 77.1. The molecular formula is C60H116O17P2. The molecule has 0 aromatic carbocycles. The van der Waals surface area contributed by atoms with Gasteiger partial charge in [-0.15, -0.1) is 0 Å². The van der Waals surface area contributed by atoms with Gasteiger partial charge in [-0.05, 0) is 43.4 Å². The summed E-state index contributed by atoms with van der Waals surface area (Å²) in [7, 11) is -9.88. The molecule has 0 rings (SSSR count). The minimum Gasteiger partial charge on any atom is -0.462 e. The lowest BCUT2D eigenvalue weighted by Gasteiger charge is -2.21. The molecule has 17 nitrogen and oxygen atoms in total. The summed E-state index contributed by atoms with van der Waals surface area (Å²) >= 11 is 0. The van der Waals surface area contributed by atoms with Crippen molar-refractivity contribution in [2.24, 2.45) is 17.8 Å². The Morgan fingerprint density at radius 3 is 0.962 bits per heavy atom. The Morgan fingerprint density at radius 1 is 0.367 bits per heavy atom. The van der Waals surface area contributed by atoms with Gasteiger partial charge < -0.3 is 33.8 Å². The molecular weight excluding hydrogens is 1050 g/mol. The topological polar surface area (TPSA) is 237 Å². The van der Waals surface area contributed by atoms with Crippen LogP contribution < -0.4 is 0 Å². The van der Waals surface area contributed by atoms with Crippen molar-refractivity contribution in [2.75, 3.05) is 39.6 Å². The zero-order valence-corrected chi connectivity index (χ0v) is 52.6. The third kappa shape index (κ3) is 53.8. The van der Waals surface area contributed by atoms with Crippen molar-refractivity contribution in [1.29, 1.82) is 0 Å². The maximum atomic E-state index is 12.9. The molecule has 0 aromatic rings. The average Bonchev–Trinajstić information content (AvgIpc) is 3.40. The molecule has 0 saturated carbocycles. The molecule has 0 fully saturated rings. The summed E-state index contributed by atoms with van der Waals surface area (Å²) in [5.74, 6) is 0.00197. The molecule has 0 aliphatic rings. The number of hydrogen-bond acceptors (Lipinski definition) is 15. The summed E-state index contributed by atoms with van der Waals surface area (Å²) in [6, 6.07) is 0. The van der Waals surface area contributed by atoms with Crippen LogP contribution in [-0.4, -0.2) is 96.7 Å². The maximum Gasteiger partial charge on any atom is 0.472 e. The van der Waals surface area contributed by atoms with Crippen LogP contribution in [0.1, 0.15) is 286 Å². The van der Waals surface area contributed by atoms with Crippen LogP contribution in [0.15, 0.2) is 0 Å². The number of phosphoric ester groups is 2. The minimum atomic E-state index is -4.94. The molecule has 0 spiro atoms. The Hall–Kier alpha value is -1.94. The SMILES string of the molecule is CCCCCCCCCC(=O)OC[C@H](COP(=O)(O)OC[C@H](O)COP(=O)(O)OC[C@@H](COC(=O)CCCCCCCCC(C)CC)OC(=O)CCCCCCCCCCCCC(C)C)OC(=O)CCCCCCCCC(C)C. The molecule has 6 atom stereocenters. The second-order valence-corrected chi connectivity index (χ2v) is 25.8. The predicted octanol–water partition coefficient (Wildman–Crippen LogP) is 15.9. The molecule has 468 valence electrons. The van der Waals surface area contributed by atoms with Crippen molar-refractivity contribution >= 4 is 39.5 Å². The average molecular weight is 1170 g/mol. The van der Waals surface area contributed by atoms with Crippen molar-refractivity contribution in [2.45, 2.75) is 304 Å². The molecule has 0 heterocycles. The smallest absolute Gasteiger partial charge is 0.462 e. The van der Waals surface area contributed by atoms with Crippen molar-refractivity contribution in [1.82, 2.24) is 0 Å². The predicted molar refractivity (Wildman–Crippen MR) is 312 cm³/mol. The monoisotopic (exact) mass is 1170 g/mol. The number of esters is 4. The van der Waals surface area contributed by atoms with Gasteiger partial charge in [0.25, 0.3) is 0 Å². The lowest BCUT2D eigenvalue weighted by Crippen LogP contribution is -2.30. The fraction of sp³-hybridized carbons (Fsp3) is 0.933. The highest BCUT2D eigenvalue weighted by Crippen LogP contribution is 2.45. The highest BCUT2D eigenvalue weighted by atomic mass is 31.2. The number of carbonyl (C=O) groups is 4. The van der Waals surface area contributed by atoms with E-state index in [4.69, 9.17) is 37.0 Å². The molecule has 19 heteroatoms. The fourth-order valence-electron chi connectivity index (χ4n) is 8.74. The summed E-state index contributed by atoms with van der Waals surface area (Å²) in [4.78, 5) is 71.9. The van der Waals surface area contributed by atoms with Crippen molar-refractivity contribution in [3.05, 3.63) is 0 Å². The molecule has 3 unspecified atom stereocenters. The van der Waals surface area contributed by atoms with E-state index in [9.17, 15) is 43.2 Å². The molecule has 0 bridgehead atoms. The third-order valence-corrected chi connectivity index (χ3v) is 15.9. The van der Waals surface area contributed by atoms with Gasteiger partial charge >= 0.3 is 39.5 Å². The lowest BCUT2D eigenvalue weighted by atomic mass is 10.00. The summed E-state index contributed by atoms with van der Waals surface area (Å²) in [5.41, 5.74) is 0. The standard InChI is InChI=1S/C60H116O17P2/c1-8-10-11-12-17-27-34-41-57(62)70-47-56(77-60(65)44-37-30-22-20-25-32-39-52(5)6)50-75-79(68,69)73-46-54(61)45-72-78(66,67)74-49-55(48-71-58(63)42-35-28-23-21-26-33-40-53(7)9-2)76-59(64)43-36-29-19-16-14-13-15-18-24-31-38-51(3)4/h51-56,61H,8-50H2,1-7H3,(H,66,67)(H,68,69)/t53?,54-,55-,56-/m1/s1. The van der Waals surface area contributed by atoms with Gasteiger partial charge in [-0.1, -0.05) is 235 Å². The van der Waals surface area contributed by atoms with Gasteiger partial charge in [-0.3, -0.25) is 37.3 Å². The summed E-state index contributed by atoms with van der Waals surface area (Å²) in [5, 5.41) is 10.5. The van der Waals surface area contributed by atoms with E-state index in [1.807, 2.05) is 0 Å². The molecule has 0 amide bonds. The van der Waals surface area contributed by atoms with Gasteiger partial charge in [0.05, 0.1) is 26.4 Å². The van der Waals surface area contributed by atoms with Crippen LogP contribution in [0, 0.1) is 17.8 Å². The molecule has 0 aliphatic heterocycles. The van der Waals surface area contributed by atoms with Gasteiger partial charge in [0, 0.05) is 25.7 Å². The number of rotatable bonds is 58. The zero-order valence-electron chi connectivity index (χ0n) is 50.8. The minimum absolute atomic E-state index is 0.101. The molecule has 3 N–H and O–H groups in total. The highest BCUT2D eigenvalue weighted by Gasteiger charge is 2.30. The molecule has 0 aliphatic carbocycles.